The van der Waals surface area contributed by atoms with Gasteiger partial charge in [0, 0.05) is 15.4 Å². The molecule has 1 amide bonds. The summed E-state index contributed by atoms with van der Waals surface area (Å²) in [5.74, 6) is 0.485. The molecule has 2 aromatic rings. The monoisotopic (exact) mass is 377 g/mol. The summed E-state index contributed by atoms with van der Waals surface area (Å²) in [6.45, 7) is 2.01. The minimum absolute atomic E-state index is 0.00520. The molecule has 0 aromatic heterocycles. The van der Waals surface area contributed by atoms with E-state index in [1.807, 2.05) is 55.5 Å². The van der Waals surface area contributed by atoms with Crippen molar-refractivity contribution in [2.24, 2.45) is 5.92 Å². The van der Waals surface area contributed by atoms with Crippen molar-refractivity contribution in [1.82, 2.24) is 5.32 Å². The Balaban J connectivity index is 1.62. The van der Waals surface area contributed by atoms with Crippen molar-refractivity contribution in [3.8, 4) is 0 Å². The van der Waals surface area contributed by atoms with E-state index in [0.29, 0.717) is 5.92 Å². The zero-order chi connectivity index (χ0) is 15.7. The molecule has 2 aromatic carbocycles. The number of hydrogen-bond donors (Lipinski definition) is 1. The van der Waals surface area contributed by atoms with Gasteiger partial charge < -0.3 is 5.32 Å². The molecule has 1 fully saturated rings. The van der Waals surface area contributed by atoms with E-state index in [4.69, 9.17) is 11.6 Å². The molecule has 0 spiro atoms. The van der Waals surface area contributed by atoms with E-state index in [0.717, 1.165) is 27.0 Å². The second-order valence-electron chi connectivity index (χ2n) is 5.79. The predicted molar refractivity (Wildman–Crippen MR) is 93.0 cm³/mol. The first-order valence-electron chi connectivity index (χ1n) is 7.36. The van der Waals surface area contributed by atoms with E-state index in [-0.39, 0.29) is 17.9 Å². The Morgan fingerprint density at radius 1 is 1.27 bits per heavy atom. The van der Waals surface area contributed by atoms with Crippen molar-refractivity contribution >= 4 is 33.4 Å². The van der Waals surface area contributed by atoms with Gasteiger partial charge in [-0.2, -0.15) is 0 Å². The molecule has 2 nitrogen and oxygen atoms in total. The Morgan fingerprint density at radius 3 is 2.77 bits per heavy atom. The number of amides is 1. The third-order valence-corrected chi connectivity index (χ3v) is 4.84. The van der Waals surface area contributed by atoms with Gasteiger partial charge in [-0.25, -0.2) is 0 Å². The Kier molecular flexibility index (Phi) is 4.55. The summed E-state index contributed by atoms with van der Waals surface area (Å²) in [5.41, 5.74) is 2.26. The van der Waals surface area contributed by atoms with Crippen LogP contribution in [0.1, 0.15) is 36.4 Å². The number of hydrogen-bond acceptors (Lipinski definition) is 1. The van der Waals surface area contributed by atoms with Crippen molar-refractivity contribution in [1.29, 1.82) is 0 Å². The van der Waals surface area contributed by atoms with Gasteiger partial charge in [0.2, 0.25) is 5.91 Å². The molecule has 0 bridgehead atoms. The molecule has 3 unspecified atom stereocenters. The van der Waals surface area contributed by atoms with Crippen molar-refractivity contribution in [2.45, 2.75) is 25.3 Å². The second-order valence-corrected chi connectivity index (χ2v) is 7.14. The van der Waals surface area contributed by atoms with Gasteiger partial charge in [-0.15, -0.1) is 0 Å². The number of carbonyl (C=O) groups excluding carboxylic acids is 1. The van der Waals surface area contributed by atoms with Crippen LogP contribution in [0.15, 0.2) is 53.0 Å². The summed E-state index contributed by atoms with van der Waals surface area (Å²) in [7, 11) is 0. The topological polar surface area (TPSA) is 29.1 Å². The van der Waals surface area contributed by atoms with Crippen LogP contribution < -0.4 is 5.32 Å². The van der Waals surface area contributed by atoms with Crippen LogP contribution in [0.25, 0.3) is 0 Å². The minimum atomic E-state index is 0.00520. The molecule has 1 N–H and O–H groups in total. The molecule has 1 saturated carbocycles. The largest absolute Gasteiger partial charge is 0.349 e. The van der Waals surface area contributed by atoms with Crippen LogP contribution in [-0.2, 0) is 4.79 Å². The van der Waals surface area contributed by atoms with E-state index < -0.39 is 0 Å². The molecule has 4 heteroatoms. The lowest BCUT2D eigenvalue weighted by Crippen LogP contribution is -2.28. The second kappa shape index (κ2) is 6.43. The van der Waals surface area contributed by atoms with E-state index in [1.54, 1.807) is 0 Å². The Hall–Kier alpha value is -1.32. The highest BCUT2D eigenvalue weighted by atomic mass is 79.9. The Morgan fingerprint density at radius 2 is 2.05 bits per heavy atom. The molecule has 22 heavy (non-hydrogen) atoms. The summed E-state index contributed by atoms with van der Waals surface area (Å²) in [6.07, 6.45) is 0.900. The number of benzene rings is 2. The molecule has 0 radical (unpaired) electrons. The standard InChI is InChI=1S/C18H17BrClNO/c1-11(12-4-2-6-14(19)8-12)21-18(22)17-10-16(17)13-5-3-7-15(20)9-13/h2-9,11,16-17H,10H2,1H3,(H,21,22). The lowest BCUT2D eigenvalue weighted by molar-refractivity contribution is -0.123. The van der Waals surface area contributed by atoms with Gasteiger partial charge >= 0.3 is 0 Å². The van der Waals surface area contributed by atoms with Gasteiger partial charge in [0.1, 0.15) is 0 Å². The molecule has 114 valence electrons. The van der Waals surface area contributed by atoms with E-state index >= 15 is 0 Å². The molecule has 0 heterocycles. The first-order chi connectivity index (χ1) is 10.5. The fourth-order valence-corrected chi connectivity index (χ4v) is 3.39. The fraction of sp³-hybridized carbons (Fsp3) is 0.278. The third kappa shape index (κ3) is 3.53. The number of carbonyl (C=O) groups is 1. The minimum Gasteiger partial charge on any atom is -0.349 e. The molecule has 3 rings (SSSR count). The van der Waals surface area contributed by atoms with Crippen LogP contribution in [0.5, 0.6) is 0 Å². The predicted octanol–water partition coefficient (Wildman–Crippen LogP) is 5.08. The van der Waals surface area contributed by atoms with Gasteiger partial charge in [0.15, 0.2) is 0 Å². The van der Waals surface area contributed by atoms with Gasteiger partial charge in [-0.3, -0.25) is 4.79 Å². The lowest BCUT2D eigenvalue weighted by atomic mass is 10.1. The van der Waals surface area contributed by atoms with Crippen LogP contribution in [-0.4, -0.2) is 5.91 Å². The summed E-state index contributed by atoms with van der Waals surface area (Å²) in [5, 5.41) is 3.83. The van der Waals surface area contributed by atoms with Crippen molar-refractivity contribution < 1.29 is 4.79 Å². The summed E-state index contributed by atoms with van der Waals surface area (Å²) in [6, 6.07) is 15.8. The van der Waals surface area contributed by atoms with Gasteiger partial charge in [-0.05, 0) is 54.7 Å². The quantitative estimate of drug-likeness (QED) is 0.789. The maximum atomic E-state index is 12.4. The van der Waals surface area contributed by atoms with E-state index in [1.165, 1.54) is 0 Å². The summed E-state index contributed by atoms with van der Waals surface area (Å²) >= 11 is 9.48. The smallest absolute Gasteiger partial charge is 0.224 e. The van der Waals surface area contributed by atoms with Crippen LogP contribution in [0.3, 0.4) is 0 Å². The number of rotatable bonds is 4. The average Bonchev–Trinajstić information content (AvgIpc) is 3.28. The third-order valence-electron chi connectivity index (χ3n) is 4.11. The Bertz CT molecular complexity index is 703. The van der Waals surface area contributed by atoms with Crippen LogP contribution in [0.4, 0.5) is 0 Å². The molecule has 3 atom stereocenters. The highest BCUT2D eigenvalue weighted by molar-refractivity contribution is 9.10. The summed E-state index contributed by atoms with van der Waals surface area (Å²) < 4.78 is 1.02. The SMILES string of the molecule is CC(NC(=O)C1CC1c1cccc(Cl)c1)c1cccc(Br)c1. The van der Waals surface area contributed by atoms with Gasteiger partial charge in [-0.1, -0.05) is 51.8 Å². The highest BCUT2D eigenvalue weighted by Crippen LogP contribution is 2.48. The number of halogens is 2. The highest BCUT2D eigenvalue weighted by Gasteiger charge is 2.44. The van der Waals surface area contributed by atoms with Crippen molar-refractivity contribution in [2.75, 3.05) is 0 Å². The van der Waals surface area contributed by atoms with E-state index in [2.05, 4.69) is 21.2 Å². The molecule has 1 aliphatic rings. The van der Waals surface area contributed by atoms with Crippen molar-refractivity contribution in [3.63, 3.8) is 0 Å². The molecule has 0 saturated heterocycles. The zero-order valence-electron chi connectivity index (χ0n) is 12.2. The van der Waals surface area contributed by atoms with Gasteiger partial charge in [0.05, 0.1) is 6.04 Å². The maximum Gasteiger partial charge on any atom is 0.224 e. The molecule has 1 aliphatic carbocycles. The lowest BCUT2D eigenvalue weighted by Gasteiger charge is -2.14. The Labute approximate surface area is 144 Å². The number of nitrogens with one attached hydrogen (secondary N) is 1. The van der Waals surface area contributed by atoms with Crippen LogP contribution >= 0.6 is 27.5 Å². The first-order valence-corrected chi connectivity index (χ1v) is 8.53. The normalized spacial score (nSPS) is 21.2. The molecular formula is C18H17BrClNO. The maximum absolute atomic E-state index is 12.4. The molecule has 0 aliphatic heterocycles. The van der Waals surface area contributed by atoms with E-state index in [9.17, 15) is 4.79 Å². The van der Waals surface area contributed by atoms with Gasteiger partial charge in [0.25, 0.3) is 0 Å². The average molecular weight is 379 g/mol. The fourth-order valence-electron chi connectivity index (χ4n) is 2.77. The first kappa shape index (κ1) is 15.6. The van der Waals surface area contributed by atoms with Crippen LogP contribution in [0.2, 0.25) is 5.02 Å². The molecular weight excluding hydrogens is 362 g/mol. The summed E-state index contributed by atoms with van der Waals surface area (Å²) in [4.78, 5) is 12.4. The van der Waals surface area contributed by atoms with Crippen molar-refractivity contribution in [3.05, 3.63) is 69.2 Å². The zero-order valence-corrected chi connectivity index (χ0v) is 14.6. The van der Waals surface area contributed by atoms with Crippen LogP contribution in [0, 0.1) is 5.92 Å².